The molecule has 0 unspecified atom stereocenters. The van der Waals surface area contributed by atoms with Gasteiger partial charge >= 0.3 is 0 Å². The maximum atomic E-state index is 13.2. The van der Waals surface area contributed by atoms with Gasteiger partial charge in [0.2, 0.25) is 0 Å². The van der Waals surface area contributed by atoms with E-state index < -0.39 is 9.84 Å². The van der Waals surface area contributed by atoms with Crippen LogP contribution in [0, 0.1) is 12.8 Å². The minimum atomic E-state index is -2.90. The Kier molecular flexibility index (Phi) is 6.06. The number of thiophene rings is 1. The van der Waals surface area contributed by atoms with E-state index in [4.69, 9.17) is 0 Å². The van der Waals surface area contributed by atoms with Crippen molar-refractivity contribution in [2.45, 2.75) is 45.4 Å². The second-order valence-electron chi connectivity index (χ2n) is 8.17. The molecule has 9 heteroatoms. The fraction of sp³-hybridized carbons (Fsp3) is 0.650. The number of aromatic nitrogens is 2. The van der Waals surface area contributed by atoms with Gasteiger partial charge in [-0.25, -0.2) is 18.4 Å². The molecular formula is C20H28N4O3S2. The SMILES string of the molecule is Cc1c(C(=O)N2CCCCCCC2)sc2ncnc(NC[C@H]3CCS(=O)(=O)C3)c12. The number of rotatable bonds is 4. The number of carbonyl (C=O) groups excluding carboxylic acids is 1. The third-order valence-electron chi connectivity index (χ3n) is 5.95. The molecule has 0 saturated carbocycles. The average Bonchev–Trinajstić information content (AvgIpc) is 3.19. The van der Waals surface area contributed by atoms with Crippen LogP contribution in [0.25, 0.3) is 10.2 Å². The average molecular weight is 437 g/mol. The number of amides is 1. The van der Waals surface area contributed by atoms with Gasteiger partial charge in [0.1, 0.15) is 17.0 Å². The van der Waals surface area contributed by atoms with Gasteiger partial charge in [0.25, 0.3) is 5.91 Å². The predicted molar refractivity (Wildman–Crippen MR) is 116 cm³/mol. The Hall–Kier alpha value is -1.74. The van der Waals surface area contributed by atoms with Crippen LogP contribution < -0.4 is 5.32 Å². The largest absolute Gasteiger partial charge is 0.369 e. The highest BCUT2D eigenvalue weighted by atomic mass is 32.2. The molecule has 2 saturated heterocycles. The van der Waals surface area contributed by atoms with Crippen LogP contribution in [0.1, 0.15) is 53.8 Å². The summed E-state index contributed by atoms with van der Waals surface area (Å²) in [5.41, 5.74) is 0.916. The molecule has 0 bridgehead atoms. The first-order valence-electron chi connectivity index (χ1n) is 10.4. The number of nitrogens with zero attached hydrogens (tertiary/aromatic N) is 3. The number of hydrogen-bond donors (Lipinski definition) is 1. The van der Waals surface area contributed by atoms with Gasteiger partial charge in [-0.15, -0.1) is 11.3 Å². The predicted octanol–water partition coefficient (Wildman–Crippen LogP) is 3.25. The van der Waals surface area contributed by atoms with E-state index in [1.165, 1.54) is 36.9 Å². The summed E-state index contributed by atoms with van der Waals surface area (Å²) in [6.45, 7) is 4.17. The lowest BCUT2D eigenvalue weighted by molar-refractivity contribution is 0.0746. The van der Waals surface area contributed by atoms with Crippen molar-refractivity contribution in [1.29, 1.82) is 0 Å². The zero-order chi connectivity index (χ0) is 20.4. The normalized spacial score (nSPS) is 22.4. The highest BCUT2D eigenvalue weighted by molar-refractivity contribution is 7.91. The Morgan fingerprint density at radius 2 is 1.93 bits per heavy atom. The smallest absolute Gasteiger partial charge is 0.264 e. The number of aryl methyl sites for hydroxylation is 1. The van der Waals surface area contributed by atoms with Crippen molar-refractivity contribution >= 4 is 43.1 Å². The van der Waals surface area contributed by atoms with Crippen molar-refractivity contribution in [2.24, 2.45) is 5.92 Å². The Labute approximate surface area is 175 Å². The summed E-state index contributed by atoms with van der Waals surface area (Å²) >= 11 is 1.43. The molecule has 1 N–H and O–H groups in total. The molecule has 0 aromatic carbocycles. The summed E-state index contributed by atoms with van der Waals surface area (Å²) in [7, 11) is -2.90. The Balaban J connectivity index is 1.55. The number of sulfone groups is 1. The molecule has 1 amide bonds. The first-order chi connectivity index (χ1) is 13.9. The number of carbonyl (C=O) groups is 1. The first-order valence-corrected chi connectivity index (χ1v) is 13.1. The molecule has 7 nitrogen and oxygen atoms in total. The topological polar surface area (TPSA) is 92.3 Å². The van der Waals surface area contributed by atoms with E-state index >= 15 is 0 Å². The number of fused-ring (bicyclic) bond motifs is 1. The minimum absolute atomic E-state index is 0.0974. The van der Waals surface area contributed by atoms with E-state index in [2.05, 4.69) is 15.3 Å². The second-order valence-corrected chi connectivity index (χ2v) is 11.4. The van der Waals surface area contributed by atoms with Crippen molar-refractivity contribution in [3.63, 3.8) is 0 Å². The van der Waals surface area contributed by atoms with E-state index in [1.807, 2.05) is 11.8 Å². The Morgan fingerprint density at radius 3 is 2.62 bits per heavy atom. The van der Waals surface area contributed by atoms with Crippen LogP contribution in [-0.4, -0.2) is 60.3 Å². The van der Waals surface area contributed by atoms with Crippen molar-refractivity contribution < 1.29 is 13.2 Å². The van der Waals surface area contributed by atoms with Gasteiger partial charge in [0, 0.05) is 19.6 Å². The molecule has 158 valence electrons. The van der Waals surface area contributed by atoms with Crippen molar-refractivity contribution in [3.05, 3.63) is 16.8 Å². The van der Waals surface area contributed by atoms with E-state index in [9.17, 15) is 13.2 Å². The molecule has 2 aromatic heterocycles. The summed E-state index contributed by atoms with van der Waals surface area (Å²) in [4.78, 5) is 25.5. The highest BCUT2D eigenvalue weighted by Crippen LogP contribution is 2.34. The van der Waals surface area contributed by atoms with Crippen LogP contribution in [0.3, 0.4) is 0 Å². The zero-order valence-corrected chi connectivity index (χ0v) is 18.4. The van der Waals surface area contributed by atoms with E-state index in [-0.39, 0.29) is 23.3 Å². The van der Waals surface area contributed by atoms with Crippen LogP contribution in [0.4, 0.5) is 5.82 Å². The molecule has 1 atom stereocenters. The molecular weight excluding hydrogens is 408 g/mol. The second kappa shape index (κ2) is 8.55. The van der Waals surface area contributed by atoms with E-state index in [0.29, 0.717) is 18.8 Å². The van der Waals surface area contributed by atoms with Crippen LogP contribution in [0.15, 0.2) is 6.33 Å². The lowest BCUT2D eigenvalue weighted by atomic mass is 10.1. The van der Waals surface area contributed by atoms with Crippen LogP contribution in [-0.2, 0) is 9.84 Å². The number of anilines is 1. The van der Waals surface area contributed by atoms with E-state index in [0.717, 1.165) is 46.6 Å². The summed E-state index contributed by atoms with van der Waals surface area (Å²) in [6, 6.07) is 0. The standard InChI is InChI=1S/C20H28N4O3S2/c1-14-16-18(21-11-15-7-10-29(26,27)12-15)22-13-23-19(16)28-17(14)20(25)24-8-5-3-2-4-6-9-24/h13,15H,2-12H2,1H3,(H,21,22,23)/t15-/m1/s1. The molecule has 0 spiro atoms. The summed E-state index contributed by atoms with van der Waals surface area (Å²) in [5.74, 6) is 1.39. The Morgan fingerprint density at radius 1 is 1.21 bits per heavy atom. The number of hydrogen-bond acceptors (Lipinski definition) is 7. The third-order valence-corrected chi connectivity index (χ3v) is 8.97. The van der Waals surface area contributed by atoms with Crippen LogP contribution in [0.5, 0.6) is 0 Å². The number of likely N-dealkylation sites (tertiary alicyclic amines) is 1. The van der Waals surface area contributed by atoms with Crippen molar-refractivity contribution in [1.82, 2.24) is 14.9 Å². The molecule has 2 aliphatic heterocycles. The molecule has 2 aromatic rings. The third kappa shape index (κ3) is 4.55. The lowest BCUT2D eigenvalue weighted by Crippen LogP contribution is -2.33. The maximum absolute atomic E-state index is 13.2. The monoisotopic (exact) mass is 436 g/mol. The molecule has 2 aliphatic rings. The lowest BCUT2D eigenvalue weighted by Gasteiger charge is -2.24. The fourth-order valence-corrected chi connectivity index (χ4v) is 7.26. The molecule has 0 aliphatic carbocycles. The quantitative estimate of drug-likeness (QED) is 0.791. The molecule has 2 fully saturated rings. The molecule has 29 heavy (non-hydrogen) atoms. The van der Waals surface area contributed by atoms with Crippen molar-refractivity contribution in [2.75, 3.05) is 36.5 Å². The van der Waals surface area contributed by atoms with Gasteiger partial charge in [0.15, 0.2) is 9.84 Å². The molecule has 4 rings (SSSR count). The van der Waals surface area contributed by atoms with Gasteiger partial charge in [-0.3, -0.25) is 4.79 Å². The first kappa shape index (κ1) is 20.5. The number of nitrogens with one attached hydrogen (secondary N) is 1. The van der Waals surface area contributed by atoms with Crippen LogP contribution >= 0.6 is 11.3 Å². The van der Waals surface area contributed by atoms with Gasteiger partial charge in [-0.05, 0) is 37.7 Å². The van der Waals surface area contributed by atoms with E-state index in [1.54, 1.807) is 0 Å². The zero-order valence-electron chi connectivity index (χ0n) is 16.8. The van der Waals surface area contributed by atoms with Gasteiger partial charge in [-0.2, -0.15) is 0 Å². The minimum Gasteiger partial charge on any atom is -0.369 e. The molecule has 4 heterocycles. The molecule has 0 radical (unpaired) electrons. The Bertz CT molecular complexity index is 995. The van der Waals surface area contributed by atoms with Gasteiger partial charge < -0.3 is 10.2 Å². The maximum Gasteiger partial charge on any atom is 0.264 e. The summed E-state index contributed by atoms with van der Waals surface area (Å²) in [5, 5.41) is 4.21. The summed E-state index contributed by atoms with van der Waals surface area (Å²) < 4.78 is 23.4. The van der Waals surface area contributed by atoms with Crippen molar-refractivity contribution in [3.8, 4) is 0 Å². The highest BCUT2D eigenvalue weighted by Gasteiger charge is 2.28. The fourth-order valence-electron chi connectivity index (χ4n) is 4.28. The summed E-state index contributed by atoms with van der Waals surface area (Å²) in [6.07, 6.45) is 7.95. The van der Waals surface area contributed by atoms with Crippen LogP contribution in [0.2, 0.25) is 0 Å². The van der Waals surface area contributed by atoms with Gasteiger partial charge in [-0.1, -0.05) is 19.3 Å². The van der Waals surface area contributed by atoms with Gasteiger partial charge in [0.05, 0.1) is 21.8 Å².